The van der Waals surface area contributed by atoms with Gasteiger partial charge in [-0.25, -0.2) is 0 Å². The van der Waals surface area contributed by atoms with Gasteiger partial charge < -0.3 is 5.11 Å². The Morgan fingerprint density at radius 2 is 2.07 bits per heavy atom. The van der Waals surface area contributed by atoms with Crippen LogP contribution in [-0.2, 0) is 11.2 Å². The molecule has 0 atom stereocenters. The molecule has 5 heteroatoms. The van der Waals surface area contributed by atoms with E-state index in [1.54, 1.807) is 19.9 Å². The summed E-state index contributed by atoms with van der Waals surface area (Å²) in [5.41, 5.74) is 1.75. The van der Waals surface area contributed by atoms with Gasteiger partial charge in [-0.1, -0.05) is 6.07 Å². The van der Waals surface area contributed by atoms with Crippen LogP contribution < -0.4 is 0 Å². The number of carboxylic acid groups (broad SMARTS) is 1. The minimum absolute atomic E-state index is 0.0220. The van der Waals surface area contributed by atoms with Crippen molar-refractivity contribution in [3.63, 3.8) is 0 Å². The third-order valence-electron chi connectivity index (χ3n) is 2.25. The van der Waals surface area contributed by atoms with Gasteiger partial charge in [0.05, 0.1) is 11.3 Å². The fraction of sp³-hybridized carbons (Fsp3) is 0.300. The summed E-state index contributed by atoms with van der Waals surface area (Å²) in [6, 6.07) is 2.98. The van der Waals surface area contributed by atoms with Crippen LogP contribution in [0.1, 0.15) is 16.7 Å². The van der Waals surface area contributed by atoms with E-state index in [0.717, 1.165) is 5.56 Å². The van der Waals surface area contributed by atoms with Gasteiger partial charge >= 0.3 is 5.97 Å². The van der Waals surface area contributed by atoms with E-state index in [4.69, 9.17) is 5.11 Å². The molecule has 5 nitrogen and oxygen atoms in total. The molecule has 1 aromatic carbocycles. The lowest BCUT2D eigenvalue weighted by atomic mass is 10.0. The second kappa shape index (κ2) is 4.08. The van der Waals surface area contributed by atoms with Gasteiger partial charge in [-0.15, -0.1) is 0 Å². The molecule has 0 aliphatic rings. The molecule has 0 saturated carbocycles. The van der Waals surface area contributed by atoms with E-state index in [2.05, 4.69) is 0 Å². The molecule has 80 valence electrons. The van der Waals surface area contributed by atoms with Crippen LogP contribution in [0, 0.1) is 24.0 Å². The topological polar surface area (TPSA) is 80.4 Å². The molecule has 1 N–H and O–H groups in total. The van der Waals surface area contributed by atoms with E-state index in [-0.39, 0.29) is 12.1 Å². The van der Waals surface area contributed by atoms with Crippen molar-refractivity contribution in [2.24, 2.45) is 0 Å². The summed E-state index contributed by atoms with van der Waals surface area (Å²) in [5.74, 6) is -0.993. The highest BCUT2D eigenvalue weighted by atomic mass is 16.6. The van der Waals surface area contributed by atoms with Crippen LogP contribution in [0.4, 0.5) is 5.69 Å². The Bertz CT molecular complexity index is 426. The summed E-state index contributed by atoms with van der Waals surface area (Å²) in [5, 5.41) is 19.3. The molecule has 0 aromatic heterocycles. The fourth-order valence-corrected chi connectivity index (χ4v) is 1.38. The number of aryl methyl sites for hydroxylation is 1. The predicted molar refractivity (Wildman–Crippen MR) is 53.9 cm³/mol. The highest BCUT2D eigenvalue weighted by molar-refractivity contribution is 5.71. The molecular formula is C10H11NO4. The van der Waals surface area contributed by atoms with Gasteiger partial charge in [0.25, 0.3) is 5.69 Å². The highest BCUT2D eigenvalue weighted by Gasteiger charge is 2.14. The SMILES string of the molecule is Cc1cc(CC(=O)O)cc([N+](=O)[O-])c1C. The average Bonchev–Trinajstić information content (AvgIpc) is 2.09. The largest absolute Gasteiger partial charge is 0.481 e. The molecule has 0 amide bonds. The van der Waals surface area contributed by atoms with E-state index in [1.807, 2.05) is 0 Å². The number of nitro benzene ring substituents is 1. The first kappa shape index (κ1) is 11.2. The highest BCUT2D eigenvalue weighted by Crippen LogP contribution is 2.23. The van der Waals surface area contributed by atoms with E-state index in [9.17, 15) is 14.9 Å². The number of aliphatic carboxylic acids is 1. The van der Waals surface area contributed by atoms with Gasteiger partial charge in [-0.05, 0) is 25.0 Å². The Hall–Kier alpha value is -1.91. The molecule has 0 saturated heterocycles. The lowest BCUT2D eigenvalue weighted by Gasteiger charge is -2.04. The number of rotatable bonds is 3. The number of nitrogens with zero attached hydrogens (tertiary/aromatic N) is 1. The third-order valence-corrected chi connectivity index (χ3v) is 2.25. The van der Waals surface area contributed by atoms with Crippen molar-refractivity contribution in [2.45, 2.75) is 20.3 Å². The van der Waals surface area contributed by atoms with E-state index < -0.39 is 10.9 Å². The summed E-state index contributed by atoms with van der Waals surface area (Å²) < 4.78 is 0. The molecule has 0 spiro atoms. The van der Waals surface area contributed by atoms with Gasteiger partial charge in [0.1, 0.15) is 0 Å². The minimum atomic E-state index is -0.993. The number of benzene rings is 1. The fourth-order valence-electron chi connectivity index (χ4n) is 1.38. The summed E-state index contributed by atoms with van der Waals surface area (Å²) >= 11 is 0. The zero-order valence-electron chi connectivity index (χ0n) is 8.48. The molecule has 0 aliphatic carbocycles. The van der Waals surface area contributed by atoms with E-state index >= 15 is 0 Å². The lowest BCUT2D eigenvalue weighted by Crippen LogP contribution is -2.03. The molecule has 0 heterocycles. The first-order chi connectivity index (χ1) is 6.91. The lowest BCUT2D eigenvalue weighted by molar-refractivity contribution is -0.385. The molecular weight excluding hydrogens is 198 g/mol. The second-order valence-corrected chi connectivity index (χ2v) is 3.38. The standard InChI is InChI=1S/C10H11NO4/c1-6-3-8(5-10(12)13)4-9(7(6)2)11(14)15/h3-4H,5H2,1-2H3,(H,12,13). The number of nitro groups is 1. The van der Waals surface area contributed by atoms with Gasteiger partial charge in [0, 0.05) is 11.6 Å². The van der Waals surface area contributed by atoms with Crippen LogP contribution in [0.3, 0.4) is 0 Å². The average molecular weight is 209 g/mol. The number of carbonyl (C=O) groups is 1. The van der Waals surface area contributed by atoms with Crippen LogP contribution >= 0.6 is 0 Å². The monoisotopic (exact) mass is 209 g/mol. The Morgan fingerprint density at radius 3 is 2.53 bits per heavy atom. The molecule has 0 radical (unpaired) electrons. The number of carboxylic acids is 1. The van der Waals surface area contributed by atoms with Crippen molar-refractivity contribution in [2.75, 3.05) is 0 Å². The third kappa shape index (κ3) is 2.52. The Labute approximate surface area is 86.5 Å². The van der Waals surface area contributed by atoms with Crippen LogP contribution in [0.25, 0.3) is 0 Å². The van der Waals surface area contributed by atoms with Crippen LogP contribution in [0.2, 0.25) is 0 Å². The zero-order valence-corrected chi connectivity index (χ0v) is 8.48. The molecule has 0 unspecified atom stereocenters. The second-order valence-electron chi connectivity index (χ2n) is 3.38. The van der Waals surface area contributed by atoms with Crippen LogP contribution in [0.15, 0.2) is 12.1 Å². The maximum Gasteiger partial charge on any atom is 0.307 e. The number of hydrogen-bond donors (Lipinski definition) is 1. The van der Waals surface area contributed by atoms with Crippen LogP contribution in [-0.4, -0.2) is 16.0 Å². The maximum atomic E-state index is 10.7. The predicted octanol–water partition coefficient (Wildman–Crippen LogP) is 1.84. The molecule has 0 aliphatic heterocycles. The first-order valence-corrected chi connectivity index (χ1v) is 4.38. The van der Waals surface area contributed by atoms with Crippen LogP contribution in [0.5, 0.6) is 0 Å². The Morgan fingerprint density at radius 1 is 1.47 bits per heavy atom. The van der Waals surface area contributed by atoms with Crippen molar-refractivity contribution in [3.05, 3.63) is 38.9 Å². The minimum Gasteiger partial charge on any atom is -0.481 e. The molecule has 0 fully saturated rings. The van der Waals surface area contributed by atoms with Crippen molar-refractivity contribution in [1.82, 2.24) is 0 Å². The summed E-state index contributed by atoms with van der Waals surface area (Å²) in [6.45, 7) is 3.38. The Kier molecular flexibility index (Phi) is 3.04. The van der Waals surface area contributed by atoms with Crippen molar-refractivity contribution in [3.8, 4) is 0 Å². The summed E-state index contributed by atoms with van der Waals surface area (Å²) in [6.07, 6.45) is -0.193. The van der Waals surface area contributed by atoms with E-state index in [1.165, 1.54) is 6.07 Å². The van der Waals surface area contributed by atoms with Gasteiger partial charge in [0.2, 0.25) is 0 Å². The summed E-state index contributed by atoms with van der Waals surface area (Å²) in [4.78, 5) is 20.7. The Balaban J connectivity index is 3.23. The van der Waals surface area contributed by atoms with Gasteiger partial charge in [0.15, 0.2) is 0 Å². The first-order valence-electron chi connectivity index (χ1n) is 4.38. The number of hydrogen-bond acceptors (Lipinski definition) is 3. The summed E-state index contributed by atoms with van der Waals surface area (Å²) in [7, 11) is 0. The zero-order chi connectivity index (χ0) is 11.6. The van der Waals surface area contributed by atoms with Crippen molar-refractivity contribution < 1.29 is 14.8 Å². The smallest absolute Gasteiger partial charge is 0.307 e. The maximum absolute atomic E-state index is 10.7. The molecule has 15 heavy (non-hydrogen) atoms. The molecule has 1 rings (SSSR count). The normalized spacial score (nSPS) is 10.0. The van der Waals surface area contributed by atoms with Crippen molar-refractivity contribution >= 4 is 11.7 Å². The van der Waals surface area contributed by atoms with Gasteiger partial charge in [-0.2, -0.15) is 0 Å². The van der Waals surface area contributed by atoms with Crippen molar-refractivity contribution in [1.29, 1.82) is 0 Å². The van der Waals surface area contributed by atoms with Gasteiger partial charge in [-0.3, -0.25) is 14.9 Å². The van der Waals surface area contributed by atoms with E-state index in [0.29, 0.717) is 11.1 Å². The molecule has 1 aromatic rings. The molecule has 0 bridgehead atoms. The quantitative estimate of drug-likeness (QED) is 0.608.